The Labute approximate surface area is 179 Å². The Morgan fingerprint density at radius 3 is 2.71 bits per heavy atom. The van der Waals surface area contributed by atoms with Gasteiger partial charge in [0.1, 0.15) is 23.8 Å². The molecule has 9 nitrogen and oxygen atoms in total. The second-order valence-electron chi connectivity index (χ2n) is 6.05. The van der Waals surface area contributed by atoms with Gasteiger partial charge >= 0.3 is 0 Å². The molecule has 0 unspecified atom stereocenters. The Hall–Kier alpha value is -3.73. The molecule has 1 aromatic heterocycles. The van der Waals surface area contributed by atoms with E-state index in [4.69, 9.17) is 21.1 Å². The van der Waals surface area contributed by atoms with E-state index in [-0.39, 0.29) is 23.9 Å². The first kappa shape index (κ1) is 22.0. The summed E-state index contributed by atoms with van der Waals surface area (Å²) in [6.07, 6.45) is -1.39. The van der Waals surface area contributed by atoms with Crippen LogP contribution in [0.2, 0.25) is 5.02 Å². The maximum Gasteiger partial charge on any atom is 0.275 e. The van der Waals surface area contributed by atoms with Gasteiger partial charge in [0.15, 0.2) is 6.73 Å². The SMILES string of the molecule is O=C(Nc1cc(OCC(F)F)cc([N+](=O)[O-])c1)c1ccnn1COc1ccccc1Cl. The van der Waals surface area contributed by atoms with Gasteiger partial charge < -0.3 is 14.8 Å². The summed E-state index contributed by atoms with van der Waals surface area (Å²) in [6.45, 7) is -1.07. The molecule has 0 saturated heterocycles. The third-order valence-electron chi connectivity index (χ3n) is 3.86. The number of non-ortho nitro benzene ring substituents is 1. The normalized spacial score (nSPS) is 10.7. The third-order valence-corrected chi connectivity index (χ3v) is 4.18. The molecule has 0 fully saturated rings. The Kier molecular flexibility index (Phi) is 6.98. The number of carbonyl (C=O) groups is 1. The predicted octanol–water partition coefficient (Wildman–Crippen LogP) is 4.38. The van der Waals surface area contributed by atoms with Crippen LogP contribution in [0.5, 0.6) is 11.5 Å². The van der Waals surface area contributed by atoms with Crippen LogP contribution in [0.4, 0.5) is 20.2 Å². The second kappa shape index (κ2) is 9.85. The van der Waals surface area contributed by atoms with Gasteiger partial charge in [0.25, 0.3) is 18.0 Å². The van der Waals surface area contributed by atoms with Crippen molar-refractivity contribution in [1.29, 1.82) is 0 Å². The van der Waals surface area contributed by atoms with Gasteiger partial charge in [-0.1, -0.05) is 23.7 Å². The molecule has 162 valence electrons. The summed E-state index contributed by atoms with van der Waals surface area (Å²) in [5, 5.41) is 18.0. The lowest BCUT2D eigenvalue weighted by Gasteiger charge is -2.12. The number of amides is 1. The summed E-state index contributed by atoms with van der Waals surface area (Å²) in [4.78, 5) is 23.0. The maximum absolute atomic E-state index is 12.6. The molecular formula is C19H15ClF2N4O5. The van der Waals surface area contributed by atoms with Gasteiger partial charge in [-0.3, -0.25) is 14.9 Å². The summed E-state index contributed by atoms with van der Waals surface area (Å²) in [5.41, 5.74) is -0.352. The quantitative estimate of drug-likeness (QED) is 0.381. The molecule has 0 radical (unpaired) electrons. The van der Waals surface area contributed by atoms with Crippen LogP contribution in [0.15, 0.2) is 54.7 Å². The van der Waals surface area contributed by atoms with Crippen LogP contribution in [-0.4, -0.2) is 33.6 Å². The number of benzene rings is 2. The van der Waals surface area contributed by atoms with Crippen molar-refractivity contribution in [2.45, 2.75) is 13.2 Å². The number of anilines is 1. The molecule has 31 heavy (non-hydrogen) atoms. The first-order chi connectivity index (χ1) is 14.8. The fourth-order valence-corrected chi connectivity index (χ4v) is 2.71. The molecule has 1 heterocycles. The zero-order chi connectivity index (χ0) is 22.4. The number of nitrogens with zero attached hydrogens (tertiary/aromatic N) is 3. The number of carbonyl (C=O) groups excluding carboxylic acids is 1. The second-order valence-corrected chi connectivity index (χ2v) is 6.46. The molecule has 3 aromatic rings. The number of para-hydroxylation sites is 1. The maximum atomic E-state index is 12.6. The summed E-state index contributed by atoms with van der Waals surface area (Å²) >= 11 is 6.03. The third kappa shape index (κ3) is 5.89. The molecule has 1 N–H and O–H groups in total. The lowest BCUT2D eigenvalue weighted by molar-refractivity contribution is -0.384. The molecular weight excluding hydrogens is 438 g/mol. The molecule has 0 spiro atoms. The number of ether oxygens (including phenoxy) is 2. The highest BCUT2D eigenvalue weighted by atomic mass is 35.5. The number of aromatic nitrogens is 2. The predicted molar refractivity (Wildman–Crippen MR) is 107 cm³/mol. The van der Waals surface area contributed by atoms with E-state index in [1.165, 1.54) is 23.0 Å². The van der Waals surface area contributed by atoms with Crippen LogP contribution >= 0.6 is 11.6 Å². The van der Waals surface area contributed by atoms with Gasteiger partial charge in [-0.15, -0.1) is 0 Å². The van der Waals surface area contributed by atoms with E-state index in [1.807, 2.05) is 0 Å². The topological polar surface area (TPSA) is 109 Å². The van der Waals surface area contributed by atoms with E-state index in [2.05, 4.69) is 10.4 Å². The van der Waals surface area contributed by atoms with Crippen molar-refractivity contribution in [1.82, 2.24) is 9.78 Å². The largest absolute Gasteiger partial charge is 0.487 e. The van der Waals surface area contributed by atoms with Gasteiger partial charge in [-0.25, -0.2) is 13.5 Å². The Bertz CT molecular complexity index is 1090. The highest BCUT2D eigenvalue weighted by molar-refractivity contribution is 6.32. The van der Waals surface area contributed by atoms with E-state index in [1.54, 1.807) is 24.3 Å². The highest BCUT2D eigenvalue weighted by Crippen LogP contribution is 2.27. The molecule has 0 aliphatic carbocycles. The molecule has 0 atom stereocenters. The van der Waals surface area contributed by atoms with Crippen molar-refractivity contribution >= 4 is 28.9 Å². The number of nitrogens with one attached hydrogen (secondary N) is 1. The molecule has 1 amide bonds. The van der Waals surface area contributed by atoms with Crippen molar-refractivity contribution in [3.05, 3.63) is 75.6 Å². The van der Waals surface area contributed by atoms with Gasteiger partial charge in [0.2, 0.25) is 0 Å². The summed E-state index contributed by atoms with van der Waals surface area (Å²) in [6, 6.07) is 11.4. The number of hydrogen-bond donors (Lipinski definition) is 1. The van der Waals surface area contributed by atoms with Crippen LogP contribution in [0.3, 0.4) is 0 Å². The number of hydrogen-bond acceptors (Lipinski definition) is 6. The molecule has 12 heteroatoms. The molecule has 2 aromatic carbocycles. The first-order valence-corrected chi connectivity index (χ1v) is 9.12. The lowest BCUT2D eigenvalue weighted by Crippen LogP contribution is -2.20. The summed E-state index contributed by atoms with van der Waals surface area (Å²) in [5.74, 6) is -0.438. The van der Waals surface area contributed by atoms with Gasteiger partial charge in [-0.05, 0) is 18.2 Å². The van der Waals surface area contributed by atoms with Crippen LogP contribution < -0.4 is 14.8 Å². The lowest BCUT2D eigenvalue weighted by atomic mass is 10.2. The molecule has 0 bridgehead atoms. The van der Waals surface area contributed by atoms with Gasteiger partial charge in [-0.2, -0.15) is 5.10 Å². The Morgan fingerprint density at radius 2 is 2.00 bits per heavy atom. The summed E-state index contributed by atoms with van der Waals surface area (Å²) in [7, 11) is 0. The zero-order valence-electron chi connectivity index (χ0n) is 15.7. The van der Waals surface area contributed by atoms with Crippen LogP contribution in [0.25, 0.3) is 0 Å². The molecule has 3 rings (SSSR count). The number of nitro groups is 1. The molecule has 0 saturated carbocycles. The van der Waals surface area contributed by atoms with Gasteiger partial charge in [0, 0.05) is 18.3 Å². The minimum Gasteiger partial charge on any atom is -0.487 e. The first-order valence-electron chi connectivity index (χ1n) is 8.74. The van der Waals surface area contributed by atoms with Crippen molar-refractivity contribution in [3.63, 3.8) is 0 Å². The van der Waals surface area contributed by atoms with Gasteiger partial charge in [0.05, 0.1) is 21.7 Å². The minimum absolute atomic E-state index is 0.0109. The van der Waals surface area contributed by atoms with Crippen LogP contribution in [0, 0.1) is 10.1 Å². The van der Waals surface area contributed by atoms with E-state index in [0.717, 1.165) is 12.1 Å². The average molecular weight is 453 g/mol. The van der Waals surface area contributed by atoms with Crippen LogP contribution in [0.1, 0.15) is 10.5 Å². The number of alkyl halides is 2. The van der Waals surface area contributed by atoms with Crippen molar-refractivity contribution in [2.75, 3.05) is 11.9 Å². The monoisotopic (exact) mass is 452 g/mol. The minimum atomic E-state index is -2.76. The summed E-state index contributed by atoms with van der Waals surface area (Å²) < 4.78 is 36.4. The number of rotatable bonds is 9. The van der Waals surface area contributed by atoms with Crippen molar-refractivity contribution in [2.24, 2.45) is 0 Å². The smallest absolute Gasteiger partial charge is 0.275 e. The molecule has 0 aliphatic heterocycles. The zero-order valence-corrected chi connectivity index (χ0v) is 16.5. The fourth-order valence-electron chi connectivity index (χ4n) is 2.52. The standard InChI is InChI=1S/C19H15ClF2N4O5/c20-15-3-1-2-4-17(15)31-11-25-16(5-6-23-25)19(27)24-12-7-13(26(28)29)9-14(8-12)30-10-18(21)22/h1-9,18H,10-11H2,(H,24,27). The van der Waals surface area contributed by atoms with E-state index in [0.29, 0.717) is 10.8 Å². The Balaban J connectivity index is 1.75. The van der Waals surface area contributed by atoms with Crippen molar-refractivity contribution < 1.29 is 28.0 Å². The number of halogens is 3. The average Bonchev–Trinajstić information content (AvgIpc) is 3.20. The van der Waals surface area contributed by atoms with E-state index in [9.17, 15) is 23.7 Å². The fraction of sp³-hybridized carbons (Fsp3) is 0.158. The number of nitro benzene ring substituents is 1. The van der Waals surface area contributed by atoms with Crippen LogP contribution in [-0.2, 0) is 6.73 Å². The Morgan fingerprint density at radius 1 is 1.23 bits per heavy atom. The van der Waals surface area contributed by atoms with Crippen molar-refractivity contribution in [3.8, 4) is 11.5 Å². The molecule has 0 aliphatic rings. The van der Waals surface area contributed by atoms with E-state index < -0.39 is 29.6 Å². The van der Waals surface area contributed by atoms with E-state index >= 15 is 0 Å². The highest BCUT2D eigenvalue weighted by Gasteiger charge is 2.17.